The van der Waals surface area contributed by atoms with Gasteiger partial charge in [-0.2, -0.15) is 18.6 Å². The van der Waals surface area contributed by atoms with Gasteiger partial charge in [-0.05, 0) is 63.5 Å². The third-order valence-corrected chi connectivity index (χ3v) is 10.1. The van der Waals surface area contributed by atoms with Crippen LogP contribution in [0.4, 0.5) is 5.82 Å². The van der Waals surface area contributed by atoms with Gasteiger partial charge < -0.3 is 9.64 Å². The first-order chi connectivity index (χ1) is 18.4. The number of nitrogens with zero attached hydrogens (tertiary/aromatic N) is 5. The molecule has 4 aliphatic rings. The molecule has 216 valence electrons. The van der Waals surface area contributed by atoms with Gasteiger partial charge in [0.1, 0.15) is 5.82 Å². The predicted octanol–water partition coefficient (Wildman–Crippen LogP) is 2.76. The molecule has 3 aromatic rings. The van der Waals surface area contributed by atoms with E-state index in [1.54, 1.807) is 41.7 Å². The first kappa shape index (κ1) is 28.5. The summed E-state index contributed by atoms with van der Waals surface area (Å²) >= 11 is 0. The molecule has 3 aliphatic carbocycles. The molecule has 3 aromatic heterocycles. The van der Waals surface area contributed by atoms with Crippen molar-refractivity contribution in [1.29, 1.82) is 0 Å². The lowest BCUT2D eigenvalue weighted by atomic mass is 9.45. The number of pyridine rings is 1. The molecule has 4 fully saturated rings. The molecule has 11 nitrogen and oxygen atoms in total. The summed E-state index contributed by atoms with van der Waals surface area (Å²) in [7, 11) is -2.40. The Hall–Kier alpha value is -3.06. The van der Waals surface area contributed by atoms with Gasteiger partial charge in [0.05, 0.1) is 18.4 Å². The highest BCUT2D eigenvalue weighted by atomic mass is 32.2. The van der Waals surface area contributed by atoms with Crippen molar-refractivity contribution < 1.29 is 22.6 Å². The zero-order chi connectivity index (χ0) is 27.7. The van der Waals surface area contributed by atoms with E-state index >= 15 is 0 Å². The van der Waals surface area contributed by atoms with Crippen molar-refractivity contribution in [3.8, 4) is 11.7 Å². The van der Waals surface area contributed by atoms with E-state index in [2.05, 4.69) is 40.6 Å². The van der Waals surface area contributed by atoms with Gasteiger partial charge in [0.15, 0.2) is 17.8 Å². The monoisotopic (exact) mass is 588 g/mol. The van der Waals surface area contributed by atoms with Crippen LogP contribution >= 0.6 is 13.5 Å². The molecule has 13 heteroatoms. The van der Waals surface area contributed by atoms with E-state index < -0.39 is 15.9 Å². The van der Waals surface area contributed by atoms with E-state index in [4.69, 9.17) is 9.72 Å². The van der Waals surface area contributed by atoms with E-state index in [-0.39, 0.29) is 29.5 Å². The lowest BCUT2D eigenvalue weighted by Crippen LogP contribution is -2.55. The summed E-state index contributed by atoms with van der Waals surface area (Å²) in [5.74, 6) is 2.04. The van der Waals surface area contributed by atoms with Crippen LogP contribution in [0.5, 0.6) is 5.88 Å². The Morgan fingerprint density at radius 1 is 1.23 bits per heavy atom. The number of aromatic amines is 1. The number of H-pyrrole nitrogens is 1. The molecule has 1 amide bonds. The van der Waals surface area contributed by atoms with Gasteiger partial charge in [-0.1, -0.05) is 6.92 Å². The molecule has 1 saturated heterocycles. The van der Waals surface area contributed by atoms with Crippen molar-refractivity contribution in [1.82, 2.24) is 24.6 Å². The number of anilines is 1. The molecular weight excluding hydrogens is 550 g/mol. The smallest absolute Gasteiger partial charge is 0.272 e. The molecule has 0 radical (unpaired) electrons. The number of carbonyl (C=O) groups excluding carboxylic acids is 1. The van der Waals surface area contributed by atoms with Crippen LogP contribution in [-0.2, 0) is 17.1 Å². The highest BCUT2D eigenvalue weighted by molar-refractivity contribution is 7.90. The zero-order valence-electron chi connectivity index (χ0n) is 23.6. The summed E-state index contributed by atoms with van der Waals surface area (Å²) < 4.78 is 37.6. The average Bonchev–Trinajstić information content (AvgIpc) is 3.48. The maximum Gasteiger partial charge on any atom is 0.272 e. The van der Waals surface area contributed by atoms with Crippen LogP contribution in [0.25, 0.3) is 5.82 Å². The summed E-state index contributed by atoms with van der Waals surface area (Å²) in [5, 5.41) is 7.40. The molecule has 2 N–H and O–H groups in total. The highest BCUT2D eigenvalue weighted by Gasteiger charge is 2.57. The second kappa shape index (κ2) is 9.79. The third kappa shape index (κ3) is 4.87. The summed E-state index contributed by atoms with van der Waals surface area (Å²) in [6.07, 6.45) is 7.83. The summed E-state index contributed by atoms with van der Waals surface area (Å²) in [6.45, 7) is 9.43. The number of hydrogen-bond acceptors (Lipinski definition) is 7. The van der Waals surface area contributed by atoms with Gasteiger partial charge in [-0.25, -0.2) is 22.8 Å². The topological polar surface area (TPSA) is 126 Å². The number of amides is 1. The van der Waals surface area contributed by atoms with Gasteiger partial charge in [0, 0.05) is 36.7 Å². The van der Waals surface area contributed by atoms with E-state index in [1.165, 1.54) is 25.5 Å². The van der Waals surface area contributed by atoms with Crippen molar-refractivity contribution in [2.45, 2.75) is 63.8 Å². The molecule has 1 aliphatic heterocycles. The number of carbonyl (C=O) groups is 1. The minimum Gasteiger partial charge on any atom is -0.476 e. The van der Waals surface area contributed by atoms with Crippen LogP contribution in [0.3, 0.4) is 0 Å². The SMILES string of the molecule is Cc1c(S(=O)(=O)NC(=O)c2ccc(-n3ccc(OCC45CC(C4)C5)n3)nc2N2C[C@@H](C)CC2(C)C)c[nH][n+]1C.S. The number of ether oxygens (including phenoxy) is 1. The minimum absolute atomic E-state index is 0. The fourth-order valence-electron chi connectivity index (χ4n) is 6.51. The maximum atomic E-state index is 13.5. The van der Waals surface area contributed by atoms with E-state index in [9.17, 15) is 13.2 Å². The molecule has 2 bridgehead atoms. The number of aryl methyl sites for hydroxylation is 1. The van der Waals surface area contributed by atoms with Crippen LogP contribution in [-0.4, -0.2) is 52.9 Å². The normalized spacial score (nSPS) is 24.6. The lowest BCUT2D eigenvalue weighted by molar-refractivity contribution is -0.733. The fraction of sp³-hybridized carbons (Fsp3) is 0.556. The predicted molar refractivity (Wildman–Crippen MR) is 154 cm³/mol. The molecule has 1 atom stereocenters. The Labute approximate surface area is 241 Å². The van der Waals surface area contributed by atoms with Gasteiger partial charge in [0.2, 0.25) is 11.6 Å². The van der Waals surface area contributed by atoms with Crippen molar-refractivity contribution in [2.75, 3.05) is 18.1 Å². The number of hydrogen-bond donors (Lipinski definition) is 2. The van der Waals surface area contributed by atoms with Gasteiger partial charge in [-0.3, -0.25) is 4.79 Å². The quantitative estimate of drug-likeness (QED) is 0.388. The number of sulfonamides is 1. The van der Waals surface area contributed by atoms with E-state index in [1.807, 2.05) is 6.07 Å². The Kier molecular flexibility index (Phi) is 6.97. The summed E-state index contributed by atoms with van der Waals surface area (Å²) in [4.78, 5) is 20.4. The molecule has 7 rings (SSSR count). The second-order valence-corrected chi connectivity index (χ2v) is 14.0. The zero-order valence-corrected chi connectivity index (χ0v) is 25.4. The van der Waals surface area contributed by atoms with Gasteiger partial charge in [0.25, 0.3) is 15.9 Å². The Morgan fingerprint density at radius 2 is 1.95 bits per heavy atom. The Balaban J connectivity index is 0.00000323. The fourth-order valence-corrected chi connectivity index (χ4v) is 7.71. The first-order valence-electron chi connectivity index (χ1n) is 13.4. The Morgan fingerprint density at radius 3 is 2.52 bits per heavy atom. The van der Waals surface area contributed by atoms with Gasteiger partial charge in [-0.15, -0.1) is 9.78 Å². The standard InChI is InChI=1S/C27H35N7O4S.H2S/c1-17-10-26(3,4)33(15-17)24-20(25(35)31-39(36,37)21-14-28-32(5)18(21)2)6-7-22(29-24)34-9-8-23(30-34)38-16-27-11-19(12-27)13-27;/h6-9,14,17,19H,10-13,15-16H2,1-5H3,(H,31,35);1H2/p+1/t17-,19?,27?;/m0./s1. The van der Waals surface area contributed by atoms with Crippen molar-refractivity contribution in [3.63, 3.8) is 0 Å². The second-order valence-electron chi connectivity index (χ2n) is 12.4. The van der Waals surface area contributed by atoms with Crippen molar-refractivity contribution >= 4 is 35.2 Å². The van der Waals surface area contributed by atoms with Crippen LogP contribution < -0.4 is 19.0 Å². The largest absolute Gasteiger partial charge is 0.476 e. The first-order valence-corrected chi connectivity index (χ1v) is 14.9. The van der Waals surface area contributed by atoms with Crippen LogP contribution in [0, 0.1) is 24.2 Å². The number of rotatable bonds is 8. The van der Waals surface area contributed by atoms with Crippen molar-refractivity contribution in [3.05, 3.63) is 41.9 Å². The van der Waals surface area contributed by atoms with Gasteiger partial charge >= 0.3 is 0 Å². The average molecular weight is 589 g/mol. The molecule has 4 heterocycles. The van der Waals surface area contributed by atoms with E-state index in [0.717, 1.165) is 12.3 Å². The molecule has 0 aromatic carbocycles. The summed E-state index contributed by atoms with van der Waals surface area (Å²) in [5.41, 5.74) is 0.757. The Bertz CT molecular complexity index is 1550. The molecule has 0 spiro atoms. The van der Waals surface area contributed by atoms with Crippen LogP contribution in [0.1, 0.15) is 62.5 Å². The minimum atomic E-state index is -4.10. The number of aromatic nitrogens is 5. The van der Waals surface area contributed by atoms with Crippen LogP contribution in [0.15, 0.2) is 35.5 Å². The third-order valence-electron chi connectivity index (χ3n) is 8.69. The lowest BCUT2D eigenvalue weighted by Gasteiger charge is -2.61. The number of nitrogens with one attached hydrogen (secondary N) is 2. The molecule has 3 saturated carbocycles. The molecule has 0 unspecified atom stereocenters. The van der Waals surface area contributed by atoms with Crippen molar-refractivity contribution in [2.24, 2.45) is 24.3 Å². The molecule has 40 heavy (non-hydrogen) atoms. The highest BCUT2D eigenvalue weighted by Crippen LogP contribution is 2.64. The molecular formula is C27H38N7O4S2+. The summed E-state index contributed by atoms with van der Waals surface area (Å²) in [6, 6.07) is 5.12. The van der Waals surface area contributed by atoms with Crippen LogP contribution in [0.2, 0.25) is 0 Å². The maximum absolute atomic E-state index is 13.5. The van der Waals surface area contributed by atoms with E-state index in [0.29, 0.717) is 47.7 Å².